The number of para-hydroxylation sites is 1. The van der Waals surface area contributed by atoms with Gasteiger partial charge >= 0.3 is 0 Å². The molecule has 0 amide bonds. The Morgan fingerprint density at radius 3 is 2.59 bits per heavy atom. The summed E-state index contributed by atoms with van der Waals surface area (Å²) < 4.78 is 11.0. The van der Waals surface area contributed by atoms with E-state index < -0.39 is 0 Å². The van der Waals surface area contributed by atoms with Crippen LogP contribution in [0.25, 0.3) is 0 Å². The summed E-state index contributed by atoms with van der Waals surface area (Å²) in [5.41, 5.74) is 1.21. The molecule has 0 bridgehead atoms. The summed E-state index contributed by atoms with van der Waals surface area (Å²) in [4.78, 5) is 0. The van der Waals surface area contributed by atoms with Crippen LogP contribution in [0.5, 0.6) is 5.75 Å². The van der Waals surface area contributed by atoms with Crippen LogP contribution >= 0.6 is 0 Å². The maximum atomic E-state index is 5.64. The molecule has 17 heavy (non-hydrogen) atoms. The van der Waals surface area contributed by atoms with Gasteiger partial charge in [-0.1, -0.05) is 18.2 Å². The highest BCUT2D eigenvalue weighted by atomic mass is 16.5. The molecule has 3 nitrogen and oxygen atoms in total. The summed E-state index contributed by atoms with van der Waals surface area (Å²) in [5, 5.41) is 3.31. The molecule has 1 N–H and O–H groups in total. The minimum atomic E-state index is 0.190. The number of methoxy groups -OCH3 is 1. The highest BCUT2D eigenvalue weighted by molar-refractivity contribution is 5.33. The van der Waals surface area contributed by atoms with Crippen molar-refractivity contribution in [1.29, 1.82) is 0 Å². The average molecular weight is 237 g/mol. The van der Waals surface area contributed by atoms with Crippen LogP contribution in [-0.4, -0.2) is 32.9 Å². The second kappa shape index (κ2) is 7.30. The van der Waals surface area contributed by atoms with Gasteiger partial charge in [0.05, 0.1) is 13.2 Å². The van der Waals surface area contributed by atoms with Crippen molar-refractivity contribution < 1.29 is 9.47 Å². The molecular formula is C14H23NO2. The van der Waals surface area contributed by atoms with Crippen LogP contribution in [0.15, 0.2) is 24.3 Å². The molecule has 0 aliphatic rings. The number of likely N-dealkylation sites (N-methyl/N-ethyl adjacent to an activating group) is 1. The normalized spacial score (nSPS) is 14.4. The lowest BCUT2D eigenvalue weighted by atomic mass is 10.0. The molecule has 0 aliphatic carbocycles. The Kier molecular flexibility index (Phi) is 6.01. The third kappa shape index (κ3) is 4.02. The van der Waals surface area contributed by atoms with E-state index >= 15 is 0 Å². The van der Waals surface area contributed by atoms with Gasteiger partial charge in [0.2, 0.25) is 0 Å². The first-order valence-electron chi connectivity index (χ1n) is 6.13. The molecule has 2 unspecified atom stereocenters. The first kappa shape index (κ1) is 14.0. The standard InChI is InChI=1S/C14H23NO2/c1-5-17-11(2)13(15-3)10-12-8-6-7-9-14(12)16-4/h6-9,11,13,15H,5,10H2,1-4H3. The Bertz CT molecular complexity index is 328. The lowest BCUT2D eigenvalue weighted by Crippen LogP contribution is -2.39. The molecule has 96 valence electrons. The number of rotatable bonds is 7. The molecule has 0 aliphatic heterocycles. The van der Waals surface area contributed by atoms with Gasteiger partial charge < -0.3 is 14.8 Å². The molecule has 0 fully saturated rings. The lowest BCUT2D eigenvalue weighted by Gasteiger charge is -2.24. The van der Waals surface area contributed by atoms with Gasteiger partial charge in [0.25, 0.3) is 0 Å². The summed E-state index contributed by atoms with van der Waals surface area (Å²) >= 11 is 0. The smallest absolute Gasteiger partial charge is 0.122 e. The highest BCUT2D eigenvalue weighted by Gasteiger charge is 2.17. The zero-order valence-corrected chi connectivity index (χ0v) is 11.2. The highest BCUT2D eigenvalue weighted by Crippen LogP contribution is 2.20. The molecule has 3 heteroatoms. The van der Waals surface area contributed by atoms with Gasteiger partial charge in [-0.05, 0) is 38.9 Å². The van der Waals surface area contributed by atoms with Crippen molar-refractivity contribution in [2.45, 2.75) is 32.4 Å². The van der Waals surface area contributed by atoms with E-state index in [1.54, 1.807) is 7.11 Å². The second-order valence-corrected chi connectivity index (χ2v) is 4.07. The number of hydrogen-bond acceptors (Lipinski definition) is 3. The SMILES string of the molecule is CCOC(C)C(Cc1ccccc1OC)NC. The van der Waals surface area contributed by atoms with Crippen molar-refractivity contribution in [3.05, 3.63) is 29.8 Å². The Morgan fingerprint density at radius 1 is 1.29 bits per heavy atom. The van der Waals surface area contributed by atoms with Crippen LogP contribution in [0, 0.1) is 0 Å². The van der Waals surface area contributed by atoms with Gasteiger partial charge in [0, 0.05) is 12.6 Å². The monoisotopic (exact) mass is 237 g/mol. The molecule has 0 saturated heterocycles. The molecule has 0 saturated carbocycles. The predicted molar refractivity (Wildman–Crippen MR) is 70.6 cm³/mol. The van der Waals surface area contributed by atoms with Crippen LogP contribution in [0.2, 0.25) is 0 Å². The third-order valence-corrected chi connectivity index (χ3v) is 3.00. The van der Waals surface area contributed by atoms with Crippen molar-refractivity contribution in [2.75, 3.05) is 20.8 Å². The summed E-state index contributed by atoms with van der Waals surface area (Å²) in [6.45, 7) is 4.86. The quantitative estimate of drug-likeness (QED) is 0.789. The molecule has 0 heterocycles. The fraction of sp³-hybridized carbons (Fsp3) is 0.571. The fourth-order valence-electron chi connectivity index (χ4n) is 1.99. The molecule has 1 aromatic rings. The van der Waals surface area contributed by atoms with Crippen LogP contribution in [-0.2, 0) is 11.2 Å². The first-order chi connectivity index (χ1) is 8.22. The minimum absolute atomic E-state index is 0.190. The van der Waals surface area contributed by atoms with Crippen molar-refractivity contribution in [1.82, 2.24) is 5.32 Å². The Labute approximate surface area is 104 Å². The van der Waals surface area contributed by atoms with Crippen molar-refractivity contribution >= 4 is 0 Å². The van der Waals surface area contributed by atoms with Crippen LogP contribution in [0.4, 0.5) is 0 Å². The molecule has 1 rings (SSSR count). The lowest BCUT2D eigenvalue weighted by molar-refractivity contribution is 0.0495. The Balaban J connectivity index is 2.73. The first-order valence-corrected chi connectivity index (χ1v) is 6.13. The minimum Gasteiger partial charge on any atom is -0.496 e. The fourth-order valence-corrected chi connectivity index (χ4v) is 1.99. The number of nitrogens with one attached hydrogen (secondary N) is 1. The van der Waals surface area contributed by atoms with E-state index in [4.69, 9.17) is 9.47 Å². The third-order valence-electron chi connectivity index (χ3n) is 3.00. The van der Waals surface area contributed by atoms with Crippen molar-refractivity contribution in [3.8, 4) is 5.75 Å². The second-order valence-electron chi connectivity index (χ2n) is 4.07. The predicted octanol–water partition coefficient (Wildman–Crippen LogP) is 2.25. The van der Waals surface area contributed by atoms with E-state index in [2.05, 4.69) is 18.3 Å². The van der Waals surface area contributed by atoms with Crippen molar-refractivity contribution in [3.63, 3.8) is 0 Å². The largest absolute Gasteiger partial charge is 0.496 e. The van der Waals surface area contributed by atoms with Gasteiger partial charge in [-0.3, -0.25) is 0 Å². The molecular weight excluding hydrogens is 214 g/mol. The topological polar surface area (TPSA) is 30.5 Å². The summed E-state index contributed by atoms with van der Waals surface area (Å²) in [6, 6.07) is 8.42. The zero-order chi connectivity index (χ0) is 12.7. The van der Waals surface area contributed by atoms with Gasteiger partial charge in [-0.15, -0.1) is 0 Å². The van der Waals surface area contributed by atoms with Crippen LogP contribution in [0.1, 0.15) is 19.4 Å². The number of hydrogen-bond donors (Lipinski definition) is 1. The Morgan fingerprint density at radius 2 is 2.00 bits per heavy atom. The number of ether oxygens (including phenoxy) is 2. The van der Waals surface area contributed by atoms with Gasteiger partial charge in [0.1, 0.15) is 5.75 Å². The van der Waals surface area contributed by atoms with Gasteiger partial charge in [-0.25, -0.2) is 0 Å². The van der Waals surface area contributed by atoms with Crippen molar-refractivity contribution in [2.24, 2.45) is 0 Å². The van der Waals surface area contributed by atoms with E-state index in [1.165, 1.54) is 5.56 Å². The van der Waals surface area contributed by atoms with Gasteiger partial charge in [0.15, 0.2) is 0 Å². The van der Waals surface area contributed by atoms with E-state index in [1.807, 2.05) is 32.2 Å². The summed E-state index contributed by atoms with van der Waals surface area (Å²) in [6.07, 6.45) is 1.09. The zero-order valence-electron chi connectivity index (χ0n) is 11.2. The summed E-state index contributed by atoms with van der Waals surface area (Å²) in [7, 11) is 3.68. The van der Waals surface area contributed by atoms with E-state index in [-0.39, 0.29) is 6.10 Å². The maximum absolute atomic E-state index is 5.64. The summed E-state index contributed by atoms with van der Waals surface area (Å²) in [5.74, 6) is 0.941. The Hall–Kier alpha value is -1.06. The van der Waals surface area contributed by atoms with E-state index in [0.29, 0.717) is 6.04 Å². The molecule has 0 spiro atoms. The molecule has 1 aromatic carbocycles. The van der Waals surface area contributed by atoms with E-state index in [9.17, 15) is 0 Å². The molecule has 2 atom stereocenters. The van der Waals surface area contributed by atoms with Crippen LogP contribution < -0.4 is 10.1 Å². The molecule has 0 aromatic heterocycles. The molecule has 0 radical (unpaired) electrons. The average Bonchev–Trinajstić information content (AvgIpc) is 2.36. The van der Waals surface area contributed by atoms with Crippen LogP contribution in [0.3, 0.4) is 0 Å². The number of benzene rings is 1. The van der Waals surface area contributed by atoms with Gasteiger partial charge in [-0.2, -0.15) is 0 Å². The maximum Gasteiger partial charge on any atom is 0.122 e. The van der Waals surface area contributed by atoms with E-state index in [0.717, 1.165) is 18.8 Å².